The standard InChI is InChI=1S/C21H38/c1-3-5-7-9-11-13-15-17-19-21-20-18-16-14-12-10-8-6-4-2/h1-3,5,7-21H2. The molecule has 0 aliphatic rings. The van der Waals surface area contributed by atoms with E-state index in [-0.39, 0.29) is 0 Å². The summed E-state index contributed by atoms with van der Waals surface area (Å²) in [6, 6.07) is 0. The second kappa shape index (κ2) is 19.6. The molecule has 2 radical (unpaired) electrons. The second-order valence-corrected chi connectivity index (χ2v) is 6.26. The molecular formula is C21H38. The normalized spacial score (nSPS) is 10.4. The molecule has 0 saturated heterocycles. The summed E-state index contributed by atoms with van der Waals surface area (Å²) >= 11 is 0. The van der Waals surface area contributed by atoms with Gasteiger partial charge in [0.15, 0.2) is 0 Å². The molecule has 0 aromatic rings. The molecule has 21 heavy (non-hydrogen) atoms. The van der Waals surface area contributed by atoms with Crippen LogP contribution in [0.2, 0.25) is 0 Å². The average molecular weight is 291 g/mol. The molecule has 0 unspecified atom stereocenters. The minimum absolute atomic E-state index is 1.04. The largest absolute Gasteiger partial charge is 0.103 e. The van der Waals surface area contributed by atoms with Gasteiger partial charge < -0.3 is 0 Å². The van der Waals surface area contributed by atoms with Crippen molar-refractivity contribution >= 4 is 0 Å². The molecule has 122 valence electrons. The first kappa shape index (κ1) is 20.6. The lowest BCUT2D eigenvalue weighted by Gasteiger charge is -2.03. The van der Waals surface area contributed by atoms with Crippen molar-refractivity contribution in [2.24, 2.45) is 0 Å². The first-order valence-corrected chi connectivity index (χ1v) is 9.46. The van der Waals surface area contributed by atoms with Crippen LogP contribution in [0.4, 0.5) is 0 Å². The van der Waals surface area contributed by atoms with E-state index in [1.807, 2.05) is 0 Å². The Morgan fingerprint density at radius 3 is 1.14 bits per heavy atom. The second-order valence-electron chi connectivity index (χ2n) is 6.26. The van der Waals surface area contributed by atoms with Crippen molar-refractivity contribution in [3.8, 4) is 11.8 Å². The van der Waals surface area contributed by atoms with Gasteiger partial charge in [0.05, 0.1) is 0 Å². The van der Waals surface area contributed by atoms with Gasteiger partial charge in [-0.3, -0.25) is 0 Å². The van der Waals surface area contributed by atoms with E-state index < -0.39 is 0 Å². The summed E-state index contributed by atoms with van der Waals surface area (Å²) in [5.74, 6) is 5.75. The van der Waals surface area contributed by atoms with Crippen LogP contribution >= 0.6 is 0 Å². The van der Waals surface area contributed by atoms with Crippen molar-refractivity contribution in [3.05, 3.63) is 13.8 Å². The summed E-state index contributed by atoms with van der Waals surface area (Å²) in [6.45, 7) is 7.42. The van der Waals surface area contributed by atoms with E-state index in [9.17, 15) is 0 Å². The molecule has 0 spiro atoms. The predicted molar refractivity (Wildman–Crippen MR) is 97.0 cm³/mol. The van der Waals surface area contributed by atoms with Crippen molar-refractivity contribution in [3.63, 3.8) is 0 Å². The first-order chi connectivity index (χ1) is 10.4. The average Bonchev–Trinajstić information content (AvgIpc) is 2.50. The maximum Gasteiger partial charge on any atom is 0.0198 e. The summed E-state index contributed by atoms with van der Waals surface area (Å²) in [4.78, 5) is 0. The lowest BCUT2D eigenvalue weighted by Crippen LogP contribution is -1.83. The highest BCUT2D eigenvalue weighted by atomic mass is 14.0. The zero-order chi connectivity index (χ0) is 15.4. The van der Waals surface area contributed by atoms with Gasteiger partial charge in [0, 0.05) is 13.3 Å². The van der Waals surface area contributed by atoms with Crippen LogP contribution < -0.4 is 0 Å². The van der Waals surface area contributed by atoms with Crippen molar-refractivity contribution in [2.75, 3.05) is 0 Å². The third-order valence-electron chi connectivity index (χ3n) is 4.18. The molecule has 0 nitrogen and oxygen atoms in total. The predicted octanol–water partition coefficient (Wildman–Crippen LogP) is 7.29. The van der Waals surface area contributed by atoms with Crippen LogP contribution in [0.3, 0.4) is 0 Å². The maximum absolute atomic E-state index is 3.89. The van der Waals surface area contributed by atoms with Crippen molar-refractivity contribution in [1.29, 1.82) is 0 Å². The van der Waals surface area contributed by atoms with Gasteiger partial charge in [0.25, 0.3) is 0 Å². The molecule has 0 saturated carbocycles. The van der Waals surface area contributed by atoms with Crippen LogP contribution in [0, 0.1) is 25.7 Å². The van der Waals surface area contributed by atoms with Crippen LogP contribution in [-0.2, 0) is 0 Å². The van der Waals surface area contributed by atoms with Crippen molar-refractivity contribution in [1.82, 2.24) is 0 Å². The summed E-state index contributed by atoms with van der Waals surface area (Å²) in [7, 11) is 0. The molecular weight excluding hydrogens is 252 g/mol. The molecule has 0 amide bonds. The van der Waals surface area contributed by atoms with Crippen LogP contribution in [-0.4, -0.2) is 0 Å². The van der Waals surface area contributed by atoms with E-state index in [1.54, 1.807) is 0 Å². The molecule has 0 aliphatic carbocycles. The number of hydrogen-bond acceptors (Lipinski definition) is 0. The highest BCUT2D eigenvalue weighted by Crippen LogP contribution is 2.13. The Kier molecular flexibility index (Phi) is 19.2. The van der Waals surface area contributed by atoms with Gasteiger partial charge in [-0.15, -0.1) is 11.8 Å². The van der Waals surface area contributed by atoms with Gasteiger partial charge in [-0.05, 0) is 6.42 Å². The number of unbranched alkanes of at least 4 members (excludes halogenated alkanes) is 16. The Bertz CT molecular complexity index is 230. The van der Waals surface area contributed by atoms with Gasteiger partial charge in [0.2, 0.25) is 0 Å². The Morgan fingerprint density at radius 2 is 0.810 bits per heavy atom. The summed E-state index contributed by atoms with van der Waals surface area (Å²) in [6.07, 6.45) is 23.3. The van der Waals surface area contributed by atoms with Gasteiger partial charge in [0.1, 0.15) is 0 Å². The zero-order valence-corrected chi connectivity index (χ0v) is 14.4. The fourth-order valence-electron chi connectivity index (χ4n) is 2.78. The van der Waals surface area contributed by atoms with Crippen LogP contribution in [0.25, 0.3) is 0 Å². The van der Waals surface area contributed by atoms with E-state index in [1.165, 1.54) is 96.3 Å². The van der Waals surface area contributed by atoms with Crippen molar-refractivity contribution < 1.29 is 0 Å². The van der Waals surface area contributed by atoms with E-state index in [2.05, 4.69) is 25.7 Å². The quantitative estimate of drug-likeness (QED) is 0.207. The van der Waals surface area contributed by atoms with Gasteiger partial charge in [-0.1, -0.05) is 103 Å². The zero-order valence-electron chi connectivity index (χ0n) is 14.4. The highest BCUT2D eigenvalue weighted by molar-refractivity contribution is 5.00. The lowest BCUT2D eigenvalue weighted by atomic mass is 10.0. The molecule has 0 atom stereocenters. The molecule has 0 aromatic heterocycles. The van der Waals surface area contributed by atoms with E-state index >= 15 is 0 Å². The summed E-state index contributed by atoms with van der Waals surface area (Å²) in [5.41, 5.74) is 0. The Hall–Kier alpha value is -0.440. The molecule has 0 aromatic carbocycles. The fourth-order valence-corrected chi connectivity index (χ4v) is 2.78. The molecule has 0 heteroatoms. The SMILES string of the molecule is [CH2]C#CCCCCCCCCCCCCCCCCC[CH2]. The van der Waals surface area contributed by atoms with Crippen LogP contribution in [0.1, 0.15) is 109 Å². The maximum atomic E-state index is 3.89. The first-order valence-electron chi connectivity index (χ1n) is 9.46. The van der Waals surface area contributed by atoms with Gasteiger partial charge in [-0.2, -0.15) is 0 Å². The minimum Gasteiger partial charge on any atom is -0.103 e. The Balaban J connectivity index is 2.94. The molecule has 0 rings (SSSR count). The van der Waals surface area contributed by atoms with E-state index in [0.717, 1.165) is 12.8 Å². The monoisotopic (exact) mass is 290 g/mol. The molecule has 0 fully saturated rings. The Labute approximate surface area is 135 Å². The molecule has 0 aliphatic heterocycles. The minimum atomic E-state index is 1.04. The fraction of sp³-hybridized carbons (Fsp3) is 0.810. The molecule has 0 heterocycles. The number of hydrogen-bond donors (Lipinski definition) is 0. The van der Waals surface area contributed by atoms with Gasteiger partial charge in [-0.25, -0.2) is 0 Å². The Morgan fingerprint density at radius 1 is 0.476 bits per heavy atom. The molecule has 0 N–H and O–H groups in total. The van der Waals surface area contributed by atoms with E-state index in [0.29, 0.717) is 0 Å². The third-order valence-corrected chi connectivity index (χ3v) is 4.18. The third kappa shape index (κ3) is 19.6. The van der Waals surface area contributed by atoms with Crippen LogP contribution in [0.15, 0.2) is 0 Å². The molecule has 0 bridgehead atoms. The lowest BCUT2D eigenvalue weighted by molar-refractivity contribution is 0.531. The smallest absolute Gasteiger partial charge is 0.0198 e. The highest BCUT2D eigenvalue weighted by Gasteiger charge is 1.94. The van der Waals surface area contributed by atoms with Gasteiger partial charge >= 0.3 is 0 Å². The number of rotatable bonds is 16. The topological polar surface area (TPSA) is 0 Å². The summed E-state index contributed by atoms with van der Waals surface area (Å²) < 4.78 is 0. The van der Waals surface area contributed by atoms with Crippen molar-refractivity contribution in [2.45, 2.75) is 109 Å². The summed E-state index contributed by atoms with van der Waals surface area (Å²) in [5, 5.41) is 0. The van der Waals surface area contributed by atoms with Crippen LogP contribution in [0.5, 0.6) is 0 Å². The van der Waals surface area contributed by atoms with E-state index in [4.69, 9.17) is 0 Å².